The fourth-order valence-electron chi connectivity index (χ4n) is 1.24. The second kappa shape index (κ2) is 3.11. The Balaban J connectivity index is 2.38. The molecule has 1 aliphatic heterocycles. The van der Waals surface area contributed by atoms with Gasteiger partial charge in [-0.3, -0.25) is 0 Å². The third-order valence-electron chi connectivity index (χ3n) is 2.30. The topological polar surface area (TPSA) is 29.3 Å². The molecule has 0 saturated carbocycles. The quantitative estimate of drug-likeness (QED) is 0.542. The zero-order chi connectivity index (χ0) is 7.61. The average Bonchev–Trinajstić information content (AvgIpc) is 1.96. The van der Waals surface area contributed by atoms with Crippen LogP contribution in [0.2, 0.25) is 0 Å². The fourth-order valence-corrected chi connectivity index (χ4v) is 1.44. The minimum atomic E-state index is 0.131. The zero-order valence-corrected chi connectivity index (χ0v) is 7.40. The molecule has 0 aromatic carbocycles. The molecule has 1 fully saturated rings. The number of nitrogens with two attached hydrogens (primary N) is 1. The smallest absolute Gasteiger partial charge is 0.0276 e. The van der Waals surface area contributed by atoms with Crippen molar-refractivity contribution in [1.29, 1.82) is 0 Å². The molecular formula is C7H16N2S. The minimum Gasteiger partial charge on any atom is -0.329 e. The van der Waals surface area contributed by atoms with Crippen LogP contribution in [0, 0.1) is 0 Å². The van der Waals surface area contributed by atoms with E-state index in [4.69, 9.17) is 5.73 Å². The second-order valence-electron chi connectivity index (χ2n) is 3.23. The van der Waals surface area contributed by atoms with Crippen LogP contribution in [0.1, 0.15) is 12.8 Å². The molecule has 0 aromatic rings. The molecule has 0 aliphatic carbocycles. The molecule has 0 spiro atoms. The Kier molecular flexibility index (Phi) is 2.61. The summed E-state index contributed by atoms with van der Waals surface area (Å²) in [7, 11) is 2.14. The fraction of sp³-hybridized carbons (Fsp3) is 1.00. The van der Waals surface area contributed by atoms with Gasteiger partial charge < -0.3 is 10.6 Å². The summed E-state index contributed by atoms with van der Waals surface area (Å²) >= 11 is 4.54. The van der Waals surface area contributed by atoms with Gasteiger partial charge in [0, 0.05) is 11.3 Å². The van der Waals surface area contributed by atoms with Crippen LogP contribution >= 0.6 is 12.6 Å². The van der Waals surface area contributed by atoms with Crippen molar-refractivity contribution in [2.24, 2.45) is 5.73 Å². The zero-order valence-electron chi connectivity index (χ0n) is 6.51. The molecule has 0 bridgehead atoms. The van der Waals surface area contributed by atoms with Gasteiger partial charge in [-0.25, -0.2) is 0 Å². The molecule has 2 N–H and O–H groups in total. The molecule has 60 valence electrons. The number of piperidine rings is 1. The molecule has 0 amide bonds. The van der Waals surface area contributed by atoms with Crippen LogP contribution in [-0.4, -0.2) is 36.3 Å². The van der Waals surface area contributed by atoms with E-state index >= 15 is 0 Å². The lowest BCUT2D eigenvalue weighted by Crippen LogP contribution is -2.43. The summed E-state index contributed by atoms with van der Waals surface area (Å²) in [5.74, 6) is 0. The first-order valence-corrected chi connectivity index (χ1v) is 4.22. The van der Waals surface area contributed by atoms with Crippen LogP contribution in [0.3, 0.4) is 0 Å². The Morgan fingerprint density at radius 3 is 2.40 bits per heavy atom. The largest absolute Gasteiger partial charge is 0.329 e. The molecule has 0 unspecified atom stereocenters. The van der Waals surface area contributed by atoms with Crippen LogP contribution < -0.4 is 5.73 Å². The Labute approximate surface area is 68.2 Å². The molecule has 1 aliphatic rings. The minimum absolute atomic E-state index is 0.131. The Hall–Kier alpha value is 0.270. The maximum atomic E-state index is 5.59. The second-order valence-corrected chi connectivity index (χ2v) is 4.18. The first-order valence-electron chi connectivity index (χ1n) is 3.77. The number of hydrogen-bond acceptors (Lipinski definition) is 3. The number of likely N-dealkylation sites (tertiary alicyclic amines) is 1. The number of rotatable bonds is 1. The Morgan fingerprint density at radius 1 is 1.50 bits per heavy atom. The Morgan fingerprint density at radius 2 is 2.00 bits per heavy atom. The van der Waals surface area contributed by atoms with Crippen LogP contribution in [0.25, 0.3) is 0 Å². The average molecular weight is 160 g/mol. The molecule has 0 aromatic heterocycles. The molecular weight excluding hydrogens is 144 g/mol. The van der Waals surface area contributed by atoms with E-state index in [9.17, 15) is 0 Å². The molecule has 10 heavy (non-hydrogen) atoms. The van der Waals surface area contributed by atoms with Crippen LogP contribution in [0.15, 0.2) is 0 Å². The van der Waals surface area contributed by atoms with Gasteiger partial charge in [-0.1, -0.05) is 0 Å². The molecule has 0 radical (unpaired) electrons. The van der Waals surface area contributed by atoms with Gasteiger partial charge >= 0.3 is 0 Å². The SMILES string of the molecule is CN1CCC(S)(CN)CC1. The van der Waals surface area contributed by atoms with Gasteiger partial charge in [-0.2, -0.15) is 12.6 Å². The Bertz CT molecular complexity index is 108. The molecule has 1 rings (SSSR count). The molecule has 1 heterocycles. The van der Waals surface area contributed by atoms with Gasteiger partial charge in [-0.05, 0) is 33.0 Å². The van der Waals surface area contributed by atoms with E-state index in [1.807, 2.05) is 0 Å². The van der Waals surface area contributed by atoms with Gasteiger partial charge in [0.25, 0.3) is 0 Å². The standard InChI is InChI=1S/C7H16N2S/c1-9-4-2-7(10,6-8)3-5-9/h10H,2-6,8H2,1H3. The highest BCUT2D eigenvalue weighted by Gasteiger charge is 2.27. The maximum Gasteiger partial charge on any atom is 0.0276 e. The summed E-state index contributed by atoms with van der Waals surface area (Å²) in [5, 5.41) is 0. The molecule has 0 atom stereocenters. The molecule has 1 saturated heterocycles. The number of thiol groups is 1. The monoisotopic (exact) mass is 160 g/mol. The predicted octanol–water partition coefficient (Wildman–Crippen LogP) is 0.339. The lowest BCUT2D eigenvalue weighted by Gasteiger charge is -2.35. The summed E-state index contributed by atoms with van der Waals surface area (Å²) in [6, 6.07) is 0. The summed E-state index contributed by atoms with van der Waals surface area (Å²) in [5.41, 5.74) is 5.59. The normalized spacial score (nSPS) is 26.7. The first-order chi connectivity index (χ1) is 4.66. The summed E-state index contributed by atoms with van der Waals surface area (Å²) in [6.45, 7) is 2.99. The van der Waals surface area contributed by atoms with E-state index < -0.39 is 0 Å². The maximum absolute atomic E-state index is 5.59. The van der Waals surface area contributed by atoms with Gasteiger partial charge in [0.05, 0.1) is 0 Å². The van der Waals surface area contributed by atoms with Crippen molar-refractivity contribution in [1.82, 2.24) is 4.90 Å². The van der Waals surface area contributed by atoms with E-state index in [0.29, 0.717) is 6.54 Å². The van der Waals surface area contributed by atoms with Crippen LogP contribution in [0.4, 0.5) is 0 Å². The van der Waals surface area contributed by atoms with Gasteiger partial charge in [-0.15, -0.1) is 0 Å². The van der Waals surface area contributed by atoms with E-state index in [1.54, 1.807) is 0 Å². The first kappa shape index (κ1) is 8.37. The molecule has 2 nitrogen and oxygen atoms in total. The highest BCUT2D eigenvalue weighted by atomic mass is 32.1. The van der Waals surface area contributed by atoms with Crippen molar-refractivity contribution in [3.05, 3.63) is 0 Å². The van der Waals surface area contributed by atoms with Gasteiger partial charge in [0.15, 0.2) is 0 Å². The third kappa shape index (κ3) is 1.87. The number of hydrogen-bond donors (Lipinski definition) is 2. The summed E-state index contributed by atoms with van der Waals surface area (Å²) in [6.07, 6.45) is 2.26. The van der Waals surface area contributed by atoms with E-state index in [2.05, 4.69) is 24.6 Å². The van der Waals surface area contributed by atoms with Crippen LogP contribution in [-0.2, 0) is 0 Å². The van der Waals surface area contributed by atoms with Crippen molar-refractivity contribution < 1.29 is 0 Å². The molecule has 3 heteroatoms. The van der Waals surface area contributed by atoms with E-state index in [1.165, 1.54) is 0 Å². The van der Waals surface area contributed by atoms with Crippen molar-refractivity contribution in [2.75, 3.05) is 26.7 Å². The van der Waals surface area contributed by atoms with Crippen molar-refractivity contribution in [2.45, 2.75) is 17.6 Å². The highest BCUT2D eigenvalue weighted by molar-refractivity contribution is 7.81. The lowest BCUT2D eigenvalue weighted by molar-refractivity contribution is 0.243. The van der Waals surface area contributed by atoms with E-state index in [-0.39, 0.29) is 4.75 Å². The highest BCUT2D eigenvalue weighted by Crippen LogP contribution is 2.26. The number of nitrogens with zero attached hydrogens (tertiary/aromatic N) is 1. The summed E-state index contributed by atoms with van der Waals surface area (Å²) in [4.78, 5) is 2.32. The van der Waals surface area contributed by atoms with E-state index in [0.717, 1.165) is 25.9 Å². The van der Waals surface area contributed by atoms with Crippen molar-refractivity contribution >= 4 is 12.6 Å². The van der Waals surface area contributed by atoms with Gasteiger partial charge in [0.2, 0.25) is 0 Å². The third-order valence-corrected chi connectivity index (χ3v) is 2.93. The van der Waals surface area contributed by atoms with Crippen LogP contribution in [0.5, 0.6) is 0 Å². The lowest BCUT2D eigenvalue weighted by atomic mass is 9.96. The van der Waals surface area contributed by atoms with Crippen molar-refractivity contribution in [3.63, 3.8) is 0 Å². The van der Waals surface area contributed by atoms with Crippen molar-refractivity contribution in [3.8, 4) is 0 Å². The predicted molar refractivity (Wildman–Crippen MR) is 47.5 cm³/mol. The summed E-state index contributed by atoms with van der Waals surface area (Å²) < 4.78 is 0.131. The van der Waals surface area contributed by atoms with Gasteiger partial charge in [0.1, 0.15) is 0 Å².